The van der Waals surface area contributed by atoms with E-state index in [9.17, 15) is 4.79 Å². The van der Waals surface area contributed by atoms with E-state index in [0.717, 1.165) is 17.3 Å². The number of hydrogen-bond acceptors (Lipinski definition) is 3. The van der Waals surface area contributed by atoms with E-state index in [4.69, 9.17) is 9.47 Å². The van der Waals surface area contributed by atoms with Crippen LogP contribution < -0.4 is 14.8 Å². The molecule has 1 N–H and O–H groups in total. The van der Waals surface area contributed by atoms with Crippen molar-refractivity contribution in [3.63, 3.8) is 0 Å². The molecule has 1 amide bonds. The molecule has 0 spiro atoms. The standard InChI is InChI=1S/C18H24BrNO3/c1-3-23-17-15(19)11-14(12-16(17)22-2)18(21)20-10-9-13-7-5-4-6-8-13/h7,11-12H,3-6,8-10H2,1-2H3,(H,20,21). The van der Waals surface area contributed by atoms with E-state index < -0.39 is 0 Å². The van der Waals surface area contributed by atoms with Gasteiger partial charge in [0.15, 0.2) is 11.5 Å². The van der Waals surface area contributed by atoms with Crippen molar-refractivity contribution >= 4 is 21.8 Å². The van der Waals surface area contributed by atoms with Crippen LogP contribution in [0.2, 0.25) is 0 Å². The van der Waals surface area contributed by atoms with Crippen molar-refractivity contribution in [2.24, 2.45) is 0 Å². The summed E-state index contributed by atoms with van der Waals surface area (Å²) in [6, 6.07) is 3.48. The molecule has 0 radical (unpaired) electrons. The minimum Gasteiger partial charge on any atom is -0.493 e. The number of rotatable bonds is 7. The Morgan fingerprint density at radius 2 is 2.17 bits per heavy atom. The highest BCUT2D eigenvalue weighted by Crippen LogP contribution is 2.36. The second-order valence-corrected chi connectivity index (χ2v) is 6.39. The number of halogens is 1. The summed E-state index contributed by atoms with van der Waals surface area (Å²) in [5, 5.41) is 2.98. The highest BCUT2D eigenvalue weighted by atomic mass is 79.9. The van der Waals surface area contributed by atoms with Crippen LogP contribution in [0.5, 0.6) is 11.5 Å². The summed E-state index contributed by atoms with van der Waals surface area (Å²) < 4.78 is 11.6. The third-order valence-corrected chi connectivity index (χ3v) is 4.49. The van der Waals surface area contributed by atoms with E-state index in [1.54, 1.807) is 19.2 Å². The average Bonchev–Trinajstić information content (AvgIpc) is 2.57. The topological polar surface area (TPSA) is 47.6 Å². The van der Waals surface area contributed by atoms with Gasteiger partial charge in [0, 0.05) is 12.1 Å². The molecule has 0 unspecified atom stereocenters. The molecule has 1 aromatic rings. The molecule has 0 heterocycles. The number of allylic oxidation sites excluding steroid dienone is 1. The monoisotopic (exact) mass is 381 g/mol. The molecule has 5 heteroatoms. The van der Waals surface area contributed by atoms with Gasteiger partial charge in [0.2, 0.25) is 0 Å². The third-order valence-electron chi connectivity index (χ3n) is 3.90. The Morgan fingerprint density at radius 3 is 2.83 bits per heavy atom. The quantitative estimate of drug-likeness (QED) is 0.708. The van der Waals surface area contributed by atoms with Crippen molar-refractivity contribution < 1.29 is 14.3 Å². The van der Waals surface area contributed by atoms with Crippen LogP contribution in [0.1, 0.15) is 49.4 Å². The molecule has 1 aromatic carbocycles. The zero-order valence-electron chi connectivity index (χ0n) is 13.8. The normalized spacial score (nSPS) is 14.1. The van der Waals surface area contributed by atoms with E-state index in [1.165, 1.54) is 24.8 Å². The predicted octanol–water partition coefficient (Wildman–Crippen LogP) is 4.48. The molecule has 1 aliphatic rings. The summed E-state index contributed by atoms with van der Waals surface area (Å²) in [5.74, 6) is 1.09. The lowest BCUT2D eigenvalue weighted by Crippen LogP contribution is -2.25. The molecule has 4 nitrogen and oxygen atoms in total. The molecule has 0 saturated carbocycles. The molecule has 0 fully saturated rings. The Hall–Kier alpha value is -1.49. The number of nitrogens with one attached hydrogen (secondary N) is 1. The van der Waals surface area contributed by atoms with E-state index >= 15 is 0 Å². The summed E-state index contributed by atoms with van der Waals surface area (Å²) in [7, 11) is 1.57. The Kier molecular flexibility index (Phi) is 6.96. The number of ether oxygens (including phenoxy) is 2. The molecule has 0 bridgehead atoms. The summed E-state index contributed by atoms with van der Waals surface area (Å²) in [6.07, 6.45) is 8.14. The Labute approximate surface area is 146 Å². The van der Waals surface area contributed by atoms with Gasteiger partial charge in [-0.05, 0) is 67.1 Å². The number of amides is 1. The maximum atomic E-state index is 12.3. The largest absolute Gasteiger partial charge is 0.493 e. The first-order chi connectivity index (χ1) is 11.2. The molecule has 126 valence electrons. The van der Waals surface area contributed by atoms with Gasteiger partial charge in [-0.25, -0.2) is 0 Å². The molecule has 23 heavy (non-hydrogen) atoms. The van der Waals surface area contributed by atoms with E-state index in [0.29, 0.717) is 30.2 Å². The van der Waals surface area contributed by atoms with Crippen LogP contribution in [0.3, 0.4) is 0 Å². The van der Waals surface area contributed by atoms with Crippen LogP contribution in [0.4, 0.5) is 0 Å². The van der Waals surface area contributed by atoms with Crippen LogP contribution in [0, 0.1) is 0 Å². The van der Waals surface area contributed by atoms with E-state index in [2.05, 4.69) is 27.3 Å². The summed E-state index contributed by atoms with van der Waals surface area (Å²) in [4.78, 5) is 12.3. The van der Waals surface area contributed by atoms with E-state index in [-0.39, 0.29) is 5.91 Å². The summed E-state index contributed by atoms with van der Waals surface area (Å²) >= 11 is 3.44. The summed E-state index contributed by atoms with van der Waals surface area (Å²) in [6.45, 7) is 3.11. The number of hydrogen-bond donors (Lipinski definition) is 1. The molecular formula is C18H24BrNO3. The molecule has 0 aliphatic heterocycles. The van der Waals surface area contributed by atoms with Gasteiger partial charge in [0.1, 0.15) is 0 Å². The number of carbonyl (C=O) groups is 1. The molecule has 0 atom stereocenters. The smallest absolute Gasteiger partial charge is 0.251 e. The SMILES string of the molecule is CCOc1c(Br)cc(C(=O)NCCC2=CCCCC2)cc1OC. The predicted molar refractivity (Wildman–Crippen MR) is 95.4 cm³/mol. The number of methoxy groups -OCH3 is 1. The average molecular weight is 382 g/mol. The second-order valence-electron chi connectivity index (χ2n) is 5.54. The van der Waals surface area contributed by atoms with Gasteiger partial charge >= 0.3 is 0 Å². The molecular weight excluding hydrogens is 358 g/mol. The van der Waals surface area contributed by atoms with Crippen molar-refractivity contribution in [2.75, 3.05) is 20.3 Å². The molecule has 2 rings (SSSR count). The first kappa shape index (κ1) is 17.9. The van der Waals surface area contributed by atoms with E-state index in [1.807, 2.05) is 6.92 Å². The Balaban J connectivity index is 1.98. The summed E-state index contributed by atoms with van der Waals surface area (Å²) in [5.41, 5.74) is 2.02. The van der Waals surface area contributed by atoms with Crippen LogP contribution in [-0.2, 0) is 0 Å². The van der Waals surface area contributed by atoms with Gasteiger partial charge in [-0.3, -0.25) is 4.79 Å². The highest BCUT2D eigenvalue weighted by Gasteiger charge is 2.15. The second kappa shape index (κ2) is 8.96. The molecule has 0 aromatic heterocycles. The van der Waals surface area contributed by atoms with Crippen molar-refractivity contribution in [3.8, 4) is 11.5 Å². The zero-order valence-corrected chi connectivity index (χ0v) is 15.4. The maximum absolute atomic E-state index is 12.3. The highest BCUT2D eigenvalue weighted by molar-refractivity contribution is 9.10. The minimum atomic E-state index is -0.0940. The van der Waals surface area contributed by atoms with Gasteiger partial charge < -0.3 is 14.8 Å². The van der Waals surface area contributed by atoms with Crippen LogP contribution in [0.15, 0.2) is 28.3 Å². The fraction of sp³-hybridized carbons (Fsp3) is 0.500. The molecule has 0 saturated heterocycles. The zero-order chi connectivity index (χ0) is 16.7. The van der Waals surface area contributed by atoms with Gasteiger partial charge in [0.05, 0.1) is 18.2 Å². The minimum absolute atomic E-state index is 0.0940. The third kappa shape index (κ3) is 4.99. The Morgan fingerprint density at radius 1 is 1.35 bits per heavy atom. The lowest BCUT2D eigenvalue weighted by molar-refractivity contribution is 0.0953. The van der Waals surface area contributed by atoms with Crippen molar-refractivity contribution in [3.05, 3.63) is 33.8 Å². The van der Waals surface area contributed by atoms with Gasteiger partial charge in [0.25, 0.3) is 5.91 Å². The van der Waals surface area contributed by atoms with Crippen LogP contribution in [-0.4, -0.2) is 26.2 Å². The van der Waals surface area contributed by atoms with Crippen molar-refractivity contribution in [1.82, 2.24) is 5.32 Å². The van der Waals surface area contributed by atoms with Gasteiger partial charge in [-0.1, -0.05) is 11.6 Å². The van der Waals surface area contributed by atoms with Crippen molar-refractivity contribution in [1.29, 1.82) is 0 Å². The van der Waals surface area contributed by atoms with Gasteiger partial charge in [-0.2, -0.15) is 0 Å². The first-order valence-electron chi connectivity index (χ1n) is 8.12. The molecule has 1 aliphatic carbocycles. The van der Waals surface area contributed by atoms with Gasteiger partial charge in [-0.15, -0.1) is 0 Å². The number of carbonyl (C=O) groups excluding carboxylic acids is 1. The maximum Gasteiger partial charge on any atom is 0.251 e. The van der Waals surface area contributed by atoms with Crippen LogP contribution >= 0.6 is 15.9 Å². The fourth-order valence-corrected chi connectivity index (χ4v) is 3.26. The van der Waals surface area contributed by atoms with Crippen LogP contribution in [0.25, 0.3) is 0 Å². The Bertz CT molecular complexity index is 584. The lowest BCUT2D eigenvalue weighted by atomic mass is 9.97. The lowest BCUT2D eigenvalue weighted by Gasteiger charge is -2.14. The van der Waals surface area contributed by atoms with Crippen molar-refractivity contribution in [2.45, 2.75) is 39.0 Å². The fourth-order valence-electron chi connectivity index (χ4n) is 2.71. The number of benzene rings is 1. The first-order valence-corrected chi connectivity index (χ1v) is 8.91.